The van der Waals surface area contributed by atoms with Gasteiger partial charge in [0.25, 0.3) is 0 Å². The number of nitrogens with zero attached hydrogens (tertiary/aromatic N) is 1. The zero-order chi connectivity index (χ0) is 19.7. The van der Waals surface area contributed by atoms with E-state index in [9.17, 15) is 19.0 Å². The SMILES string of the molecule is OCC(CN1C[C@H]2CC(Oc3ccc(F)c(F)c3)C[C@H]2C1)c1ccc(O)cc1. The summed E-state index contributed by atoms with van der Waals surface area (Å²) < 4.78 is 32.3. The third-order valence-corrected chi connectivity index (χ3v) is 6.04. The van der Waals surface area contributed by atoms with E-state index < -0.39 is 11.6 Å². The molecule has 1 aliphatic heterocycles. The number of hydrogen-bond acceptors (Lipinski definition) is 4. The Hall–Kier alpha value is -2.18. The smallest absolute Gasteiger partial charge is 0.162 e. The van der Waals surface area contributed by atoms with Gasteiger partial charge in [0.15, 0.2) is 11.6 Å². The van der Waals surface area contributed by atoms with Crippen LogP contribution in [0.5, 0.6) is 11.5 Å². The number of benzene rings is 2. The lowest BCUT2D eigenvalue weighted by Crippen LogP contribution is -2.30. The summed E-state index contributed by atoms with van der Waals surface area (Å²) in [5.74, 6) is -0.0707. The van der Waals surface area contributed by atoms with Gasteiger partial charge in [-0.1, -0.05) is 12.1 Å². The number of ether oxygens (including phenoxy) is 1. The molecule has 0 aromatic heterocycles. The normalized spacial score (nSPS) is 25.6. The third kappa shape index (κ3) is 4.13. The number of likely N-dealkylation sites (tertiary alicyclic amines) is 1. The van der Waals surface area contributed by atoms with Crippen molar-refractivity contribution in [1.29, 1.82) is 0 Å². The minimum atomic E-state index is -0.883. The van der Waals surface area contributed by atoms with E-state index in [4.69, 9.17) is 4.74 Å². The molecule has 2 aliphatic rings. The van der Waals surface area contributed by atoms with Crippen molar-refractivity contribution in [3.05, 3.63) is 59.7 Å². The van der Waals surface area contributed by atoms with Gasteiger partial charge in [0, 0.05) is 31.6 Å². The Kier molecular flexibility index (Phi) is 5.51. The van der Waals surface area contributed by atoms with Gasteiger partial charge in [-0.25, -0.2) is 8.78 Å². The summed E-state index contributed by atoms with van der Waals surface area (Å²) in [5.41, 5.74) is 1.02. The molecule has 6 heteroatoms. The number of aliphatic hydroxyl groups excluding tert-OH is 1. The molecule has 1 saturated heterocycles. The standard InChI is InChI=1S/C22H25F2NO3/c23-21-6-5-19(9-22(21)24)28-20-7-15-10-25(11-16(15)8-20)12-17(13-26)14-1-3-18(27)4-2-14/h1-6,9,15-17,20,26-27H,7-8,10-13H2/t15-,16+,17?,20?. The number of halogens is 2. The summed E-state index contributed by atoms with van der Waals surface area (Å²) in [7, 11) is 0. The highest BCUT2D eigenvalue weighted by molar-refractivity contribution is 5.29. The Balaban J connectivity index is 1.31. The molecular weight excluding hydrogens is 364 g/mol. The number of aliphatic hydroxyl groups is 1. The van der Waals surface area contributed by atoms with Crippen molar-refractivity contribution in [3.8, 4) is 11.5 Å². The molecule has 2 aromatic carbocycles. The molecule has 2 unspecified atom stereocenters. The van der Waals surface area contributed by atoms with E-state index in [1.807, 2.05) is 12.1 Å². The zero-order valence-corrected chi connectivity index (χ0v) is 15.6. The third-order valence-electron chi connectivity index (χ3n) is 6.04. The van der Waals surface area contributed by atoms with Gasteiger partial charge < -0.3 is 19.8 Å². The lowest BCUT2D eigenvalue weighted by Gasteiger charge is -2.24. The van der Waals surface area contributed by atoms with E-state index in [0.717, 1.165) is 50.2 Å². The molecule has 0 radical (unpaired) electrons. The highest BCUT2D eigenvalue weighted by atomic mass is 19.2. The summed E-state index contributed by atoms with van der Waals surface area (Å²) in [6.07, 6.45) is 1.85. The predicted molar refractivity (Wildman–Crippen MR) is 101 cm³/mol. The molecule has 4 nitrogen and oxygen atoms in total. The first-order valence-corrected chi connectivity index (χ1v) is 9.75. The Morgan fingerprint density at radius 3 is 2.29 bits per heavy atom. The Bertz CT molecular complexity index is 800. The summed E-state index contributed by atoms with van der Waals surface area (Å²) >= 11 is 0. The lowest BCUT2D eigenvalue weighted by atomic mass is 9.99. The van der Waals surface area contributed by atoms with Crippen LogP contribution < -0.4 is 4.74 Å². The van der Waals surface area contributed by atoms with Crippen LogP contribution in [0.1, 0.15) is 24.3 Å². The largest absolute Gasteiger partial charge is 0.508 e. The molecule has 4 rings (SSSR count). The average molecular weight is 389 g/mol. The summed E-state index contributed by atoms with van der Waals surface area (Å²) in [6.45, 7) is 2.76. The van der Waals surface area contributed by atoms with Gasteiger partial charge in [-0.3, -0.25) is 0 Å². The van der Waals surface area contributed by atoms with E-state index in [0.29, 0.717) is 17.6 Å². The Morgan fingerprint density at radius 2 is 1.68 bits per heavy atom. The Morgan fingerprint density at radius 1 is 1.00 bits per heavy atom. The minimum Gasteiger partial charge on any atom is -0.508 e. The van der Waals surface area contributed by atoms with E-state index >= 15 is 0 Å². The van der Waals surface area contributed by atoms with Crippen LogP contribution in [0.25, 0.3) is 0 Å². The van der Waals surface area contributed by atoms with Gasteiger partial charge in [0.2, 0.25) is 0 Å². The molecule has 2 fully saturated rings. The van der Waals surface area contributed by atoms with E-state index in [2.05, 4.69) is 4.90 Å². The average Bonchev–Trinajstić information content (AvgIpc) is 3.21. The van der Waals surface area contributed by atoms with Gasteiger partial charge in [0.1, 0.15) is 11.5 Å². The second kappa shape index (κ2) is 8.05. The molecule has 1 saturated carbocycles. The molecule has 2 aromatic rings. The van der Waals surface area contributed by atoms with Gasteiger partial charge in [-0.2, -0.15) is 0 Å². The number of hydrogen-bond donors (Lipinski definition) is 2. The maximum Gasteiger partial charge on any atom is 0.162 e. The maximum absolute atomic E-state index is 13.4. The first-order chi connectivity index (χ1) is 13.5. The van der Waals surface area contributed by atoms with Crippen molar-refractivity contribution in [2.75, 3.05) is 26.2 Å². The van der Waals surface area contributed by atoms with E-state index in [1.165, 1.54) is 6.07 Å². The lowest BCUT2D eigenvalue weighted by molar-refractivity contribution is 0.175. The van der Waals surface area contributed by atoms with Crippen molar-refractivity contribution in [2.45, 2.75) is 24.9 Å². The van der Waals surface area contributed by atoms with Crippen LogP contribution in [0.4, 0.5) is 8.78 Å². The second-order valence-electron chi connectivity index (χ2n) is 8.00. The molecule has 4 atom stereocenters. The fourth-order valence-electron chi connectivity index (χ4n) is 4.66. The molecule has 0 spiro atoms. The zero-order valence-electron chi connectivity index (χ0n) is 15.6. The van der Waals surface area contributed by atoms with Crippen LogP contribution in [0, 0.1) is 23.5 Å². The van der Waals surface area contributed by atoms with Crippen molar-refractivity contribution >= 4 is 0 Å². The second-order valence-corrected chi connectivity index (χ2v) is 8.00. The number of fused-ring (bicyclic) bond motifs is 1. The van der Waals surface area contributed by atoms with Crippen molar-refractivity contribution < 1.29 is 23.7 Å². The monoisotopic (exact) mass is 389 g/mol. The fourth-order valence-corrected chi connectivity index (χ4v) is 4.66. The van der Waals surface area contributed by atoms with Crippen LogP contribution in [0.15, 0.2) is 42.5 Å². The predicted octanol–water partition coefficient (Wildman–Crippen LogP) is 3.54. The highest BCUT2D eigenvalue weighted by Crippen LogP contribution is 2.40. The molecule has 1 heterocycles. The van der Waals surface area contributed by atoms with Crippen molar-refractivity contribution in [1.82, 2.24) is 4.90 Å². The van der Waals surface area contributed by atoms with Crippen LogP contribution in [-0.4, -0.2) is 47.5 Å². The molecule has 0 bridgehead atoms. The van der Waals surface area contributed by atoms with Gasteiger partial charge in [0.05, 0.1) is 12.7 Å². The number of rotatable bonds is 6. The molecular formula is C22H25F2NO3. The van der Waals surface area contributed by atoms with E-state index in [1.54, 1.807) is 12.1 Å². The number of aromatic hydroxyl groups is 1. The molecule has 1 aliphatic carbocycles. The number of phenolic OH excluding ortho intramolecular Hbond substituents is 1. The first-order valence-electron chi connectivity index (χ1n) is 9.75. The minimum absolute atomic E-state index is 0.0219. The Labute approximate surface area is 163 Å². The quantitative estimate of drug-likeness (QED) is 0.794. The van der Waals surface area contributed by atoms with Crippen LogP contribution in [-0.2, 0) is 0 Å². The maximum atomic E-state index is 13.4. The molecule has 2 N–H and O–H groups in total. The van der Waals surface area contributed by atoms with E-state index in [-0.39, 0.29) is 24.4 Å². The molecule has 28 heavy (non-hydrogen) atoms. The van der Waals surface area contributed by atoms with Gasteiger partial charge >= 0.3 is 0 Å². The summed E-state index contributed by atoms with van der Waals surface area (Å²) in [4.78, 5) is 2.39. The van der Waals surface area contributed by atoms with Crippen LogP contribution in [0.2, 0.25) is 0 Å². The fraction of sp³-hybridized carbons (Fsp3) is 0.455. The van der Waals surface area contributed by atoms with Gasteiger partial charge in [-0.15, -0.1) is 0 Å². The van der Waals surface area contributed by atoms with Crippen LogP contribution in [0.3, 0.4) is 0 Å². The van der Waals surface area contributed by atoms with Crippen molar-refractivity contribution in [2.24, 2.45) is 11.8 Å². The highest BCUT2D eigenvalue weighted by Gasteiger charge is 2.42. The molecule has 150 valence electrons. The topological polar surface area (TPSA) is 52.9 Å². The summed E-state index contributed by atoms with van der Waals surface area (Å²) in [5, 5.41) is 19.2. The van der Waals surface area contributed by atoms with Crippen molar-refractivity contribution in [3.63, 3.8) is 0 Å². The molecule has 0 amide bonds. The number of phenols is 1. The van der Waals surface area contributed by atoms with Crippen LogP contribution >= 0.6 is 0 Å². The van der Waals surface area contributed by atoms with Gasteiger partial charge in [-0.05, 0) is 54.5 Å². The summed E-state index contributed by atoms with van der Waals surface area (Å²) in [6, 6.07) is 10.7. The first kappa shape index (κ1) is 19.2.